The number of benzene rings is 2. The lowest BCUT2D eigenvalue weighted by atomic mass is 10.00. The molecule has 0 saturated carbocycles. The number of amides is 2. The first kappa shape index (κ1) is 16.3. The zero-order valence-electron chi connectivity index (χ0n) is 13.2. The summed E-state index contributed by atoms with van der Waals surface area (Å²) in [6.07, 6.45) is 2.95. The van der Waals surface area contributed by atoms with Crippen LogP contribution in [0.3, 0.4) is 0 Å². The third-order valence-electron chi connectivity index (χ3n) is 3.75. The highest BCUT2D eigenvalue weighted by Gasteiger charge is 2.17. The van der Waals surface area contributed by atoms with E-state index in [0.29, 0.717) is 18.4 Å². The number of hydrogen-bond donors (Lipinski definition) is 2. The van der Waals surface area contributed by atoms with Crippen LogP contribution < -0.4 is 10.6 Å². The number of nitrogens with one attached hydrogen (secondary N) is 2. The van der Waals surface area contributed by atoms with Gasteiger partial charge in [-0.05, 0) is 42.3 Å². The van der Waals surface area contributed by atoms with E-state index in [1.165, 1.54) is 0 Å². The molecule has 0 fully saturated rings. The van der Waals surface area contributed by atoms with Gasteiger partial charge in [0.15, 0.2) is 0 Å². The van der Waals surface area contributed by atoms with Gasteiger partial charge in [0.2, 0.25) is 5.91 Å². The second-order valence-corrected chi connectivity index (χ2v) is 6.53. The van der Waals surface area contributed by atoms with Gasteiger partial charge < -0.3 is 10.6 Å². The number of aryl methyl sites for hydroxylation is 1. The molecule has 0 aliphatic carbocycles. The Balaban J connectivity index is 1.78. The molecule has 0 radical (unpaired) electrons. The van der Waals surface area contributed by atoms with Crippen molar-refractivity contribution in [3.8, 4) is 0 Å². The van der Waals surface area contributed by atoms with Crippen LogP contribution in [0.2, 0.25) is 0 Å². The number of carbonyl (C=O) groups excluding carboxylic acids is 2. The van der Waals surface area contributed by atoms with Gasteiger partial charge in [-0.1, -0.05) is 18.2 Å². The Morgan fingerprint density at radius 1 is 1.25 bits per heavy atom. The summed E-state index contributed by atoms with van der Waals surface area (Å²) in [5.41, 5.74) is 3.18. The Morgan fingerprint density at radius 3 is 2.92 bits per heavy atom. The molecule has 0 bridgehead atoms. The van der Waals surface area contributed by atoms with Crippen LogP contribution in [0.25, 0.3) is 0 Å². The van der Waals surface area contributed by atoms with E-state index in [4.69, 9.17) is 0 Å². The molecule has 0 unspecified atom stereocenters. The van der Waals surface area contributed by atoms with E-state index in [-0.39, 0.29) is 11.8 Å². The first-order chi connectivity index (χ1) is 11.7. The summed E-state index contributed by atoms with van der Waals surface area (Å²) in [4.78, 5) is 25.0. The van der Waals surface area contributed by atoms with Crippen LogP contribution in [0.5, 0.6) is 0 Å². The molecule has 122 valence electrons. The monoisotopic (exact) mass is 338 g/mol. The summed E-state index contributed by atoms with van der Waals surface area (Å²) in [6.45, 7) is 3.72. The Hall–Kier alpha value is -2.53. The quantitative estimate of drug-likeness (QED) is 0.637. The van der Waals surface area contributed by atoms with Crippen molar-refractivity contribution < 1.29 is 9.59 Å². The summed E-state index contributed by atoms with van der Waals surface area (Å²) in [5, 5.41) is 5.79. The maximum absolute atomic E-state index is 12.6. The van der Waals surface area contributed by atoms with Crippen molar-refractivity contribution in [2.24, 2.45) is 0 Å². The Morgan fingerprint density at radius 2 is 2.08 bits per heavy atom. The zero-order chi connectivity index (χ0) is 16.9. The highest BCUT2D eigenvalue weighted by molar-refractivity contribution is 7.99. The van der Waals surface area contributed by atoms with Gasteiger partial charge in [0.05, 0.1) is 5.69 Å². The molecule has 2 aromatic carbocycles. The van der Waals surface area contributed by atoms with Gasteiger partial charge in [-0.2, -0.15) is 0 Å². The minimum absolute atomic E-state index is 0.0212. The SMILES string of the molecule is C=CCSc1ccccc1NC(=O)c1ccc2c(c1)CCC(=O)N2. The van der Waals surface area contributed by atoms with Crippen molar-refractivity contribution in [1.82, 2.24) is 0 Å². The largest absolute Gasteiger partial charge is 0.326 e. The van der Waals surface area contributed by atoms with Gasteiger partial charge in [-0.15, -0.1) is 18.3 Å². The summed E-state index contributed by atoms with van der Waals surface area (Å²) >= 11 is 1.63. The zero-order valence-corrected chi connectivity index (χ0v) is 14.0. The molecule has 3 rings (SSSR count). The highest BCUT2D eigenvalue weighted by Crippen LogP contribution is 2.28. The van der Waals surface area contributed by atoms with Crippen molar-refractivity contribution in [2.45, 2.75) is 17.7 Å². The predicted octanol–water partition coefficient (Wildman–Crippen LogP) is 4.10. The number of fused-ring (bicyclic) bond motifs is 1. The van der Waals surface area contributed by atoms with Crippen molar-refractivity contribution in [3.05, 3.63) is 66.2 Å². The fourth-order valence-electron chi connectivity index (χ4n) is 2.56. The highest BCUT2D eigenvalue weighted by atomic mass is 32.2. The van der Waals surface area contributed by atoms with Gasteiger partial charge in [-0.25, -0.2) is 0 Å². The molecule has 1 aliphatic heterocycles. The Bertz CT molecular complexity index is 802. The van der Waals surface area contributed by atoms with E-state index in [0.717, 1.165) is 27.6 Å². The van der Waals surface area contributed by atoms with Crippen LogP contribution in [0, 0.1) is 0 Å². The maximum Gasteiger partial charge on any atom is 0.255 e. The Labute approximate surface area is 145 Å². The molecule has 2 N–H and O–H groups in total. The number of carbonyl (C=O) groups is 2. The molecule has 2 aromatic rings. The second-order valence-electron chi connectivity index (χ2n) is 5.47. The van der Waals surface area contributed by atoms with Gasteiger partial charge in [0.25, 0.3) is 5.91 Å². The Kier molecular flexibility index (Phi) is 5.01. The van der Waals surface area contributed by atoms with Gasteiger partial charge in [-0.3, -0.25) is 9.59 Å². The van der Waals surface area contributed by atoms with E-state index < -0.39 is 0 Å². The molecule has 0 spiro atoms. The lowest BCUT2D eigenvalue weighted by molar-refractivity contribution is -0.116. The topological polar surface area (TPSA) is 58.2 Å². The summed E-state index contributed by atoms with van der Waals surface area (Å²) in [6, 6.07) is 13.1. The van der Waals surface area contributed by atoms with Crippen LogP contribution in [-0.4, -0.2) is 17.6 Å². The van der Waals surface area contributed by atoms with Gasteiger partial charge >= 0.3 is 0 Å². The molecule has 0 aromatic heterocycles. The van der Waals surface area contributed by atoms with Crippen molar-refractivity contribution in [2.75, 3.05) is 16.4 Å². The normalized spacial score (nSPS) is 12.9. The second kappa shape index (κ2) is 7.36. The summed E-state index contributed by atoms with van der Waals surface area (Å²) in [5.74, 6) is 0.653. The molecule has 1 aliphatic rings. The van der Waals surface area contributed by atoms with E-state index in [2.05, 4.69) is 17.2 Å². The van der Waals surface area contributed by atoms with E-state index in [9.17, 15) is 9.59 Å². The molecule has 4 nitrogen and oxygen atoms in total. The van der Waals surface area contributed by atoms with Crippen LogP contribution >= 0.6 is 11.8 Å². The minimum atomic E-state index is -0.152. The fourth-order valence-corrected chi connectivity index (χ4v) is 3.31. The molecule has 1 heterocycles. The lowest BCUT2D eigenvalue weighted by Crippen LogP contribution is -2.20. The summed E-state index contributed by atoms with van der Waals surface area (Å²) in [7, 11) is 0. The minimum Gasteiger partial charge on any atom is -0.326 e. The number of anilines is 2. The molecule has 0 saturated heterocycles. The smallest absolute Gasteiger partial charge is 0.255 e. The van der Waals surface area contributed by atoms with Crippen molar-refractivity contribution in [1.29, 1.82) is 0 Å². The maximum atomic E-state index is 12.6. The van der Waals surface area contributed by atoms with Crippen LogP contribution in [0.15, 0.2) is 60.0 Å². The molecular weight excluding hydrogens is 320 g/mol. The van der Waals surface area contributed by atoms with E-state index in [1.807, 2.05) is 36.4 Å². The molecule has 24 heavy (non-hydrogen) atoms. The van der Waals surface area contributed by atoms with Crippen LogP contribution in [0.4, 0.5) is 11.4 Å². The average molecular weight is 338 g/mol. The van der Waals surface area contributed by atoms with Crippen molar-refractivity contribution in [3.63, 3.8) is 0 Å². The third kappa shape index (κ3) is 3.68. The molecular formula is C19H18N2O2S. The average Bonchev–Trinajstić information content (AvgIpc) is 2.60. The van der Waals surface area contributed by atoms with Gasteiger partial charge in [0.1, 0.15) is 0 Å². The molecule has 0 atom stereocenters. The molecule has 5 heteroatoms. The predicted molar refractivity (Wildman–Crippen MR) is 98.7 cm³/mol. The standard InChI is InChI=1S/C19H18N2O2S/c1-2-11-24-17-6-4-3-5-16(17)21-19(23)14-7-9-15-13(12-14)8-10-18(22)20-15/h2-7,9,12H,1,8,10-11H2,(H,20,22)(H,21,23). The first-order valence-electron chi connectivity index (χ1n) is 7.74. The first-order valence-corrected chi connectivity index (χ1v) is 8.73. The van der Waals surface area contributed by atoms with E-state index in [1.54, 1.807) is 23.9 Å². The number of thioether (sulfide) groups is 1. The fraction of sp³-hybridized carbons (Fsp3) is 0.158. The van der Waals surface area contributed by atoms with Crippen LogP contribution in [0.1, 0.15) is 22.3 Å². The number of para-hydroxylation sites is 1. The van der Waals surface area contributed by atoms with Gasteiger partial charge in [0, 0.05) is 28.3 Å². The van der Waals surface area contributed by atoms with Crippen molar-refractivity contribution >= 4 is 35.0 Å². The lowest BCUT2D eigenvalue weighted by Gasteiger charge is -2.17. The number of rotatable bonds is 5. The molecule has 2 amide bonds. The summed E-state index contributed by atoms with van der Waals surface area (Å²) < 4.78 is 0. The third-order valence-corrected chi connectivity index (χ3v) is 4.82. The van der Waals surface area contributed by atoms with E-state index >= 15 is 0 Å². The number of hydrogen-bond acceptors (Lipinski definition) is 3. The van der Waals surface area contributed by atoms with Crippen LogP contribution in [-0.2, 0) is 11.2 Å².